The van der Waals surface area contributed by atoms with Crippen molar-refractivity contribution in [2.24, 2.45) is 0 Å². The van der Waals surface area contributed by atoms with Crippen molar-refractivity contribution in [1.82, 2.24) is 4.98 Å². The lowest BCUT2D eigenvalue weighted by Crippen LogP contribution is -2.09. The zero-order chi connectivity index (χ0) is 13.5. The van der Waals surface area contributed by atoms with E-state index < -0.39 is 11.9 Å². The minimum absolute atomic E-state index is 0.0697. The van der Waals surface area contributed by atoms with E-state index in [9.17, 15) is 13.2 Å². The molecule has 2 nitrogen and oxygen atoms in total. The van der Waals surface area contributed by atoms with Crippen LogP contribution < -0.4 is 5.32 Å². The Hall–Kier alpha value is -1.20. The summed E-state index contributed by atoms with van der Waals surface area (Å²) in [5.41, 5.74) is -0.652. The van der Waals surface area contributed by atoms with Gasteiger partial charge in [0.05, 0.1) is 10.5 Å². The Bertz CT molecular complexity index is 611. The first-order valence-corrected chi connectivity index (χ1v) is 5.63. The summed E-state index contributed by atoms with van der Waals surface area (Å²) in [5, 5.41) is 3.55. The van der Waals surface area contributed by atoms with Crippen LogP contribution in [0.25, 0.3) is 10.9 Å². The predicted octanol–water partition coefficient (Wildman–Crippen LogP) is 4.60. The third-order valence-electron chi connectivity index (χ3n) is 2.39. The highest BCUT2D eigenvalue weighted by molar-refractivity contribution is 6.38. The van der Waals surface area contributed by atoms with Crippen molar-refractivity contribution in [2.75, 3.05) is 12.4 Å². The standard InChI is InChI=1S/C11H7Cl2F3N2/c1-17-8-4-9(11(14,15)16)18-10-6(8)2-5(12)3-7(10)13/h2-4H,1H3,(H,17,18). The molecular formula is C11H7Cl2F3N2. The summed E-state index contributed by atoms with van der Waals surface area (Å²) in [6.07, 6.45) is -4.53. The van der Waals surface area contributed by atoms with Crippen LogP contribution >= 0.6 is 23.2 Å². The SMILES string of the molecule is CNc1cc(C(F)(F)F)nc2c(Cl)cc(Cl)cc12. The summed E-state index contributed by atoms with van der Waals surface area (Å²) in [5.74, 6) is 0. The zero-order valence-corrected chi connectivity index (χ0v) is 10.6. The number of halogens is 5. The number of alkyl halides is 3. The van der Waals surface area contributed by atoms with E-state index in [1.54, 1.807) is 0 Å². The van der Waals surface area contributed by atoms with Crippen LogP contribution in [-0.2, 0) is 6.18 Å². The molecule has 1 N–H and O–H groups in total. The second kappa shape index (κ2) is 4.48. The number of hydrogen-bond donors (Lipinski definition) is 1. The first-order valence-electron chi connectivity index (χ1n) is 4.87. The quantitative estimate of drug-likeness (QED) is 0.831. The fourth-order valence-corrected chi connectivity index (χ4v) is 2.14. The van der Waals surface area contributed by atoms with E-state index in [-0.39, 0.29) is 16.2 Å². The Morgan fingerprint density at radius 2 is 1.83 bits per heavy atom. The Balaban J connectivity index is 2.84. The van der Waals surface area contributed by atoms with Gasteiger partial charge in [-0.05, 0) is 18.2 Å². The number of pyridine rings is 1. The van der Waals surface area contributed by atoms with Gasteiger partial charge >= 0.3 is 6.18 Å². The predicted molar refractivity (Wildman–Crippen MR) is 66.3 cm³/mol. The second-order valence-electron chi connectivity index (χ2n) is 3.59. The van der Waals surface area contributed by atoms with Gasteiger partial charge in [0.25, 0.3) is 0 Å². The van der Waals surface area contributed by atoms with Crippen molar-refractivity contribution >= 4 is 39.8 Å². The van der Waals surface area contributed by atoms with Crippen molar-refractivity contribution < 1.29 is 13.2 Å². The van der Waals surface area contributed by atoms with E-state index >= 15 is 0 Å². The van der Waals surface area contributed by atoms with Crippen LogP contribution in [0, 0.1) is 0 Å². The lowest BCUT2D eigenvalue weighted by Gasteiger charge is -2.12. The molecule has 0 fully saturated rings. The molecule has 0 bridgehead atoms. The molecule has 0 aliphatic heterocycles. The monoisotopic (exact) mass is 294 g/mol. The normalized spacial score (nSPS) is 11.9. The molecule has 2 rings (SSSR count). The largest absolute Gasteiger partial charge is 0.433 e. The number of benzene rings is 1. The van der Waals surface area contributed by atoms with Crippen molar-refractivity contribution in [3.63, 3.8) is 0 Å². The fraction of sp³-hybridized carbons (Fsp3) is 0.182. The van der Waals surface area contributed by atoms with Crippen molar-refractivity contribution in [3.05, 3.63) is 33.9 Å². The number of anilines is 1. The van der Waals surface area contributed by atoms with Gasteiger partial charge in [-0.15, -0.1) is 0 Å². The Morgan fingerprint density at radius 1 is 1.17 bits per heavy atom. The van der Waals surface area contributed by atoms with Crippen LogP contribution in [0.5, 0.6) is 0 Å². The Labute approximate surface area is 111 Å². The Kier molecular flexibility index (Phi) is 3.29. The molecular weight excluding hydrogens is 288 g/mol. The summed E-state index contributed by atoms with van der Waals surface area (Å²) in [4.78, 5) is 3.54. The van der Waals surface area contributed by atoms with Gasteiger partial charge in [-0.1, -0.05) is 23.2 Å². The number of nitrogens with one attached hydrogen (secondary N) is 1. The van der Waals surface area contributed by atoms with Gasteiger partial charge in [-0.3, -0.25) is 0 Å². The third-order valence-corrected chi connectivity index (χ3v) is 2.90. The lowest BCUT2D eigenvalue weighted by atomic mass is 10.1. The lowest BCUT2D eigenvalue weighted by molar-refractivity contribution is -0.140. The van der Waals surface area contributed by atoms with Crippen LogP contribution in [-0.4, -0.2) is 12.0 Å². The molecule has 0 radical (unpaired) electrons. The highest BCUT2D eigenvalue weighted by atomic mass is 35.5. The first-order chi connectivity index (χ1) is 8.32. The number of rotatable bonds is 1. The fourth-order valence-electron chi connectivity index (χ4n) is 1.60. The van der Waals surface area contributed by atoms with E-state index in [2.05, 4.69) is 10.3 Å². The van der Waals surface area contributed by atoms with Gasteiger partial charge in [-0.2, -0.15) is 13.2 Å². The molecule has 0 aliphatic carbocycles. The number of nitrogens with zero attached hydrogens (tertiary/aromatic N) is 1. The maximum Gasteiger partial charge on any atom is 0.433 e. The van der Waals surface area contributed by atoms with E-state index in [0.717, 1.165) is 6.07 Å². The summed E-state index contributed by atoms with van der Waals surface area (Å²) in [7, 11) is 1.52. The van der Waals surface area contributed by atoms with Crippen molar-refractivity contribution in [3.8, 4) is 0 Å². The van der Waals surface area contributed by atoms with Crippen molar-refractivity contribution in [2.45, 2.75) is 6.18 Å². The zero-order valence-electron chi connectivity index (χ0n) is 9.07. The summed E-state index contributed by atoms with van der Waals surface area (Å²) in [6.45, 7) is 0. The number of aromatic nitrogens is 1. The number of fused-ring (bicyclic) bond motifs is 1. The maximum absolute atomic E-state index is 12.7. The van der Waals surface area contributed by atoms with Gasteiger partial charge in [0.2, 0.25) is 0 Å². The highest BCUT2D eigenvalue weighted by Gasteiger charge is 2.33. The molecule has 18 heavy (non-hydrogen) atoms. The average molecular weight is 295 g/mol. The van der Waals surface area contributed by atoms with Crippen LogP contribution in [0.3, 0.4) is 0 Å². The van der Waals surface area contributed by atoms with Crippen LogP contribution in [0.15, 0.2) is 18.2 Å². The summed E-state index contributed by atoms with van der Waals surface area (Å²) < 4.78 is 38.1. The molecule has 2 aromatic rings. The van der Waals surface area contributed by atoms with Gasteiger partial charge in [0.1, 0.15) is 5.69 Å². The van der Waals surface area contributed by atoms with E-state index in [0.29, 0.717) is 10.4 Å². The minimum Gasteiger partial charge on any atom is -0.388 e. The van der Waals surface area contributed by atoms with E-state index in [4.69, 9.17) is 23.2 Å². The Morgan fingerprint density at radius 3 is 2.39 bits per heavy atom. The molecule has 0 aliphatic rings. The van der Waals surface area contributed by atoms with Crippen LogP contribution in [0.2, 0.25) is 10.0 Å². The van der Waals surface area contributed by atoms with Gasteiger partial charge in [0.15, 0.2) is 0 Å². The number of hydrogen-bond acceptors (Lipinski definition) is 2. The molecule has 1 aromatic heterocycles. The molecule has 0 saturated carbocycles. The van der Waals surface area contributed by atoms with Crippen LogP contribution in [0.1, 0.15) is 5.69 Å². The maximum atomic E-state index is 12.7. The molecule has 96 valence electrons. The topological polar surface area (TPSA) is 24.9 Å². The highest BCUT2D eigenvalue weighted by Crippen LogP contribution is 2.36. The van der Waals surface area contributed by atoms with E-state index in [1.165, 1.54) is 19.2 Å². The molecule has 1 heterocycles. The molecule has 1 aromatic carbocycles. The minimum atomic E-state index is -4.53. The second-order valence-corrected chi connectivity index (χ2v) is 4.43. The molecule has 0 atom stereocenters. The van der Waals surface area contributed by atoms with Crippen molar-refractivity contribution in [1.29, 1.82) is 0 Å². The molecule has 0 unspecified atom stereocenters. The molecule has 0 spiro atoms. The van der Waals surface area contributed by atoms with Crippen LogP contribution in [0.4, 0.5) is 18.9 Å². The average Bonchev–Trinajstić information content (AvgIpc) is 2.26. The van der Waals surface area contributed by atoms with Gasteiger partial charge < -0.3 is 5.32 Å². The third kappa shape index (κ3) is 2.33. The smallest absolute Gasteiger partial charge is 0.388 e. The van der Waals surface area contributed by atoms with E-state index in [1.807, 2.05) is 0 Å². The summed E-state index contributed by atoms with van der Waals surface area (Å²) >= 11 is 11.7. The molecule has 0 saturated heterocycles. The molecule has 0 amide bonds. The van der Waals surface area contributed by atoms with Gasteiger partial charge in [0, 0.05) is 23.1 Å². The summed E-state index contributed by atoms with van der Waals surface area (Å²) in [6, 6.07) is 3.80. The first kappa shape index (κ1) is 13.2. The van der Waals surface area contributed by atoms with Gasteiger partial charge in [-0.25, -0.2) is 4.98 Å². The molecule has 7 heteroatoms.